The van der Waals surface area contributed by atoms with Crippen LogP contribution in [0.3, 0.4) is 0 Å². The molecule has 0 saturated heterocycles. The third-order valence-electron chi connectivity index (χ3n) is 6.61. The molecule has 2 aliphatic carbocycles. The molecule has 2 aromatic rings. The molecule has 0 amide bonds. The van der Waals surface area contributed by atoms with Gasteiger partial charge < -0.3 is 4.55 Å². The number of benzene rings is 2. The topological polar surface area (TPSA) is 74.3 Å². The van der Waals surface area contributed by atoms with Gasteiger partial charge in [-0.15, -0.1) is 0 Å². The van der Waals surface area contributed by atoms with E-state index in [0.717, 1.165) is 7.14 Å². The molecule has 8 heteroatoms. The van der Waals surface area contributed by atoms with E-state index in [1.165, 1.54) is 24.3 Å². The maximum Gasteiger partial charge on any atom is 0.357 e. The number of hydrogen-bond donors (Lipinski definition) is 0. The number of hydrogen-bond acceptors (Lipinski definition) is 4. The summed E-state index contributed by atoms with van der Waals surface area (Å²) in [5, 5.41) is -1.30. The van der Waals surface area contributed by atoms with Crippen LogP contribution in [0, 0.1) is 35.5 Å². The highest BCUT2D eigenvalue weighted by Gasteiger charge is 2.67. The van der Waals surface area contributed by atoms with Gasteiger partial charge in [-0.1, -0.05) is 20.8 Å². The summed E-state index contributed by atoms with van der Waals surface area (Å²) in [6, 6.07) is 13.0. The number of fused-ring (bicyclic) bond motifs is 2. The normalized spacial score (nSPS) is 26.9. The van der Waals surface area contributed by atoms with Gasteiger partial charge in [0.1, 0.15) is 27.0 Å². The van der Waals surface area contributed by atoms with E-state index in [1.807, 2.05) is 13.8 Å². The average Bonchev–Trinajstić information content (AvgIpc) is 2.97. The van der Waals surface area contributed by atoms with E-state index in [0.29, 0.717) is 12.8 Å². The largest absolute Gasteiger partial charge is 0.747 e. The zero-order chi connectivity index (χ0) is 22.3. The highest BCUT2D eigenvalue weighted by Crippen LogP contribution is 2.64. The van der Waals surface area contributed by atoms with E-state index in [2.05, 4.69) is 0 Å². The Morgan fingerprint density at radius 3 is 1.67 bits per heavy atom. The summed E-state index contributed by atoms with van der Waals surface area (Å²) in [4.78, 5) is 12.0. The molecule has 4 nitrogen and oxygen atoms in total. The minimum absolute atomic E-state index is 0.220. The van der Waals surface area contributed by atoms with Crippen molar-refractivity contribution in [1.29, 1.82) is 0 Å². The lowest BCUT2D eigenvalue weighted by Crippen LogP contribution is -3.61. The zero-order valence-electron chi connectivity index (χ0n) is 16.9. The predicted octanol–water partition coefficient (Wildman–Crippen LogP) is 1.02. The second-order valence-corrected chi connectivity index (χ2v) is 13.0. The van der Waals surface area contributed by atoms with Crippen molar-refractivity contribution < 1.29 is 47.8 Å². The molecule has 0 radical (unpaired) electrons. The van der Waals surface area contributed by atoms with Crippen molar-refractivity contribution in [3.63, 3.8) is 0 Å². The molecule has 0 aromatic heterocycles. The first-order valence-electron chi connectivity index (χ1n) is 9.51. The number of halogens is 3. The number of carbonyl (C=O) groups is 1. The van der Waals surface area contributed by atoms with Crippen molar-refractivity contribution in [2.45, 2.75) is 38.9 Å². The van der Waals surface area contributed by atoms with Gasteiger partial charge >= 0.3 is 21.2 Å². The maximum atomic E-state index is 12.6. The molecule has 2 bridgehead atoms. The maximum absolute atomic E-state index is 12.6. The third kappa shape index (κ3) is 4.31. The summed E-state index contributed by atoms with van der Waals surface area (Å²) in [5.74, 6) is -1.10. The first-order valence-corrected chi connectivity index (χ1v) is 13.1. The molecule has 3 atom stereocenters. The summed E-state index contributed by atoms with van der Waals surface area (Å²) in [6.07, 6.45) is 1.37. The lowest BCUT2D eigenvalue weighted by atomic mass is 9.70. The minimum Gasteiger partial charge on any atom is -0.747 e. The molecular weight excluding hydrogens is 525 g/mol. The summed E-state index contributed by atoms with van der Waals surface area (Å²) in [5.41, 5.74) is -0.994. The quantitative estimate of drug-likeness (QED) is 0.425. The fourth-order valence-corrected chi connectivity index (χ4v) is 8.01. The van der Waals surface area contributed by atoms with Crippen LogP contribution in [-0.2, 0) is 14.9 Å². The smallest absolute Gasteiger partial charge is 0.357 e. The van der Waals surface area contributed by atoms with Gasteiger partial charge in [0.25, 0.3) is 0 Å². The van der Waals surface area contributed by atoms with Crippen molar-refractivity contribution in [2.24, 2.45) is 16.7 Å². The molecule has 2 fully saturated rings. The van der Waals surface area contributed by atoms with Crippen molar-refractivity contribution in [3.8, 4) is 0 Å². The molecule has 0 N–H and O–H groups in total. The van der Waals surface area contributed by atoms with Crippen molar-refractivity contribution in [1.82, 2.24) is 0 Å². The molecule has 4 rings (SSSR count). The predicted molar refractivity (Wildman–Crippen MR) is 103 cm³/mol. The molecular formula is C22H23F2IO4S. The van der Waals surface area contributed by atoms with E-state index in [9.17, 15) is 26.5 Å². The van der Waals surface area contributed by atoms with Crippen LogP contribution >= 0.6 is 0 Å². The van der Waals surface area contributed by atoms with Gasteiger partial charge in [0, 0.05) is 5.41 Å². The fourth-order valence-electron chi connectivity index (χ4n) is 4.45. The first kappa shape index (κ1) is 23.3. The average molecular weight is 548 g/mol. The third-order valence-corrected chi connectivity index (χ3v) is 10.5. The Morgan fingerprint density at radius 2 is 1.37 bits per heavy atom. The van der Waals surface area contributed by atoms with Gasteiger partial charge in [-0.3, -0.25) is 4.79 Å². The molecule has 2 aliphatic rings. The lowest BCUT2D eigenvalue weighted by Gasteiger charge is -2.32. The summed E-state index contributed by atoms with van der Waals surface area (Å²) in [6.45, 7) is 5.59. The molecule has 2 aromatic carbocycles. The van der Waals surface area contributed by atoms with Gasteiger partial charge in [0.2, 0.25) is 0 Å². The highest BCUT2D eigenvalue weighted by atomic mass is 127. The van der Waals surface area contributed by atoms with Crippen molar-refractivity contribution in [3.05, 3.63) is 67.3 Å². The molecule has 0 aliphatic heterocycles. The van der Waals surface area contributed by atoms with Gasteiger partial charge in [-0.2, -0.15) is 0 Å². The molecule has 162 valence electrons. The molecule has 0 heterocycles. The van der Waals surface area contributed by atoms with Gasteiger partial charge in [-0.05, 0) is 72.7 Å². The van der Waals surface area contributed by atoms with E-state index in [1.54, 1.807) is 31.2 Å². The van der Waals surface area contributed by atoms with Crippen molar-refractivity contribution >= 4 is 15.9 Å². The van der Waals surface area contributed by atoms with E-state index >= 15 is 0 Å². The molecule has 30 heavy (non-hydrogen) atoms. The Kier molecular flexibility index (Phi) is 6.42. The van der Waals surface area contributed by atoms with E-state index < -0.39 is 20.8 Å². The molecule has 0 spiro atoms. The van der Waals surface area contributed by atoms with Crippen molar-refractivity contribution in [2.75, 3.05) is 0 Å². The number of ketones is 1. The first-order chi connectivity index (χ1) is 13.9. The second-order valence-electron chi connectivity index (χ2n) is 8.44. The second kappa shape index (κ2) is 8.27. The summed E-state index contributed by atoms with van der Waals surface area (Å²) < 4.78 is 60.8. The van der Waals surface area contributed by atoms with Crippen LogP contribution in [-0.4, -0.2) is 24.0 Å². The van der Waals surface area contributed by atoms with Crippen LogP contribution in [0.2, 0.25) is 0 Å². The summed E-state index contributed by atoms with van der Waals surface area (Å²) in [7, 11) is -4.49. The Hall–Kier alpha value is -1.39. The SMILES string of the molecule is CC12CCC(C(S(=O)(=O)[O-])C1=O)C2(C)C.Fc1ccc([I+]c2ccc(F)cc2)cc1. The lowest BCUT2D eigenvalue weighted by molar-refractivity contribution is -0.597. The van der Waals surface area contributed by atoms with E-state index in [4.69, 9.17) is 0 Å². The highest BCUT2D eigenvalue weighted by molar-refractivity contribution is 7.87. The van der Waals surface area contributed by atoms with Gasteiger partial charge in [0.15, 0.2) is 12.9 Å². The number of carbonyl (C=O) groups excluding carboxylic acids is 1. The van der Waals surface area contributed by atoms with E-state index in [-0.39, 0.29) is 50.0 Å². The fraction of sp³-hybridized carbons (Fsp3) is 0.409. The zero-order valence-corrected chi connectivity index (χ0v) is 19.8. The Balaban J connectivity index is 0.000000171. The summed E-state index contributed by atoms with van der Waals surface area (Å²) >= 11 is -0.330. The monoisotopic (exact) mass is 548 g/mol. The van der Waals surface area contributed by atoms with Crippen LogP contribution < -0.4 is 21.2 Å². The molecule has 2 saturated carbocycles. The Bertz CT molecular complexity index is 992. The number of rotatable bonds is 3. The Morgan fingerprint density at radius 1 is 0.933 bits per heavy atom. The van der Waals surface area contributed by atoms with Crippen LogP contribution in [0.25, 0.3) is 0 Å². The minimum atomic E-state index is -4.49. The molecule has 3 unspecified atom stereocenters. The number of Topliss-reactive ketones (excluding diaryl/α,β-unsaturated/α-hetero) is 1. The van der Waals surface area contributed by atoms with Crippen LogP contribution in [0.5, 0.6) is 0 Å². The van der Waals surface area contributed by atoms with Crippen LogP contribution in [0.1, 0.15) is 33.6 Å². The van der Waals surface area contributed by atoms with Gasteiger partial charge in [-0.25, -0.2) is 17.2 Å². The van der Waals surface area contributed by atoms with Gasteiger partial charge in [0.05, 0.1) is 0 Å². The standard InChI is InChI=1S/C12H8F2I.C10H16O4S/c13-9-1-5-11(6-2-9)15-12-7-3-10(14)4-8-12;1-9(2)6-4-5-10(9,3)8(11)7(6)15(12,13)14/h1-8H;6-7H,4-5H2,1-3H3,(H,12,13,14)/q+1;/p-1. The van der Waals surface area contributed by atoms with Crippen LogP contribution in [0.4, 0.5) is 8.78 Å². The van der Waals surface area contributed by atoms with Crippen LogP contribution in [0.15, 0.2) is 48.5 Å². The Labute approximate surface area is 186 Å².